The van der Waals surface area contributed by atoms with Crippen LogP contribution < -0.4 is 10.1 Å². The molecule has 0 amide bonds. The summed E-state index contributed by atoms with van der Waals surface area (Å²) in [7, 11) is 1.71. The van der Waals surface area contributed by atoms with E-state index in [1.54, 1.807) is 7.11 Å². The molecule has 0 saturated carbocycles. The first-order valence-corrected chi connectivity index (χ1v) is 7.59. The summed E-state index contributed by atoms with van der Waals surface area (Å²) in [4.78, 5) is 0. The lowest BCUT2D eigenvalue weighted by atomic mass is 9.96. The van der Waals surface area contributed by atoms with E-state index in [1.165, 1.54) is 16.7 Å². The van der Waals surface area contributed by atoms with E-state index in [-0.39, 0.29) is 0 Å². The number of benzene rings is 2. The van der Waals surface area contributed by atoms with Crippen LogP contribution in [0.3, 0.4) is 0 Å². The van der Waals surface area contributed by atoms with E-state index in [1.807, 2.05) is 12.1 Å². The van der Waals surface area contributed by atoms with Crippen LogP contribution in [0.4, 0.5) is 0 Å². The van der Waals surface area contributed by atoms with Crippen molar-refractivity contribution in [2.45, 2.75) is 27.3 Å². The quantitative estimate of drug-likeness (QED) is 0.861. The van der Waals surface area contributed by atoms with E-state index in [2.05, 4.69) is 44.3 Å². The molecule has 0 saturated heterocycles. The van der Waals surface area contributed by atoms with E-state index in [9.17, 15) is 0 Å². The molecule has 2 aromatic rings. The van der Waals surface area contributed by atoms with Crippen LogP contribution in [-0.4, -0.2) is 13.7 Å². The lowest BCUT2D eigenvalue weighted by Crippen LogP contribution is -2.12. The SMILES string of the molecule is CCNCc1ccc(Cl)cc1-c1cc(C)c(OC)c(C)c1. The Morgan fingerprint density at radius 3 is 2.33 bits per heavy atom. The van der Waals surface area contributed by atoms with Gasteiger partial charge in [0.1, 0.15) is 5.75 Å². The van der Waals surface area contributed by atoms with Crippen LogP contribution in [0, 0.1) is 13.8 Å². The van der Waals surface area contributed by atoms with Crippen molar-refractivity contribution >= 4 is 11.6 Å². The van der Waals surface area contributed by atoms with Crippen molar-refractivity contribution in [2.75, 3.05) is 13.7 Å². The number of nitrogens with one attached hydrogen (secondary N) is 1. The first-order chi connectivity index (χ1) is 10.1. The third-order valence-electron chi connectivity index (χ3n) is 3.61. The molecule has 0 atom stereocenters. The van der Waals surface area contributed by atoms with Crippen LogP contribution >= 0.6 is 11.6 Å². The van der Waals surface area contributed by atoms with Gasteiger partial charge in [-0.25, -0.2) is 0 Å². The van der Waals surface area contributed by atoms with Gasteiger partial charge in [-0.3, -0.25) is 0 Å². The average Bonchev–Trinajstić information content (AvgIpc) is 2.45. The third-order valence-corrected chi connectivity index (χ3v) is 3.85. The van der Waals surface area contributed by atoms with Crippen LogP contribution in [0.2, 0.25) is 5.02 Å². The smallest absolute Gasteiger partial charge is 0.124 e. The Balaban J connectivity index is 2.52. The number of halogens is 1. The molecule has 3 heteroatoms. The van der Waals surface area contributed by atoms with Crippen molar-refractivity contribution in [3.63, 3.8) is 0 Å². The lowest BCUT2D eigenvalue weighted by molar-refractivity contribution is 0.408. The first kappa shape index (κ1) is 15.9. The van der Waals surface area contributed by atoms with Gasteiger partial charge in [0.25, 0.3) is 0 Å². The third kappa shape index (κ3) is 3.58. The number of methoxy groups -OCH3 is 1. The number of hydrogen-bond acceptors (Lipinski definition) is 2. The molecule has 0 aromatic heterocycles. The molecule has 0 aliphatic carbocycles. The van der Waals surface area contributed by atoms with Crippen molar-refractivity contribution in [3.05, 3.63) is 52.0 Å². The summed E-state index contributed by atoms with van der Waals surface area (Å²) in [5, 5.41) is 4.14. The molecule has 21 heavy (non-hydrogen) atoms. The fourth-order valence-corrected chi connectivity index (χ4v) is 2.83. The van der Waals surface area contributed by atoms with Crippen molar-refractivity contribution in [3.8, 4) is 16.9 Å². The largest absolute Gasteiger partial charge is 0.496 e. The van der Waals surface area contributed by atoms with Gasteiger partial charge in [-0.15, -0.1) is 0 Å². The lowest BCUT2D eigenvalue weighted by Gasteiger charge is -2.15. The predicted octanol–water partition coefficient (Wildman–Crippen LogP) is 4.74. The number of hydrogen-bond donors (Lipinski definition) is 1. The summed E-state index contributed by atoms with van der Waals surface area (Å²) in [5.41, 5.74) is 5.90. The summed E-state index contributed by atoms with van der Waals surface area (Å²) in [6, 6.07) is 10.4. The minimum atomic E-state index is 0.761. The zero-order chi connectivity index (χ0) is 15.4. The predicted molar refractivity (Wildman–Crippen MR) is 90.3 cm³/mol. The molecular weight excluding hydrogens is 282 g/mol. The van der Waals surface area contributed by atoms with Crippen LogP contribution in [-0.2, 0) is 6.54 Å². The van der Waals surface area contributed by atoms with E-state index >= 15 is 0 Å². The molecule has 0 heterocycles. The second-order valence-corrected chi connectivity index (χ2v) is 5.66. The molecule has 0 aliphatic rings. The van der Waals surface area contributed by atoms with E-state index < -0.39 is 0 Å². The second kappa shape index (κ2) is 6.97. The number of ether oxygens (including phenoxy) is 1. The van der Waals surface area contributed by atoms with Crippen LogP contribution in [0.15, 0.2) is 30.3 Å². The Kier molecular flexibility index (Phi) is 5.27. The van der Waals surface area contributed by atoms with E-state index in [0.717, 1.165) is 35.0 Å². The molecular formula is C18H22ClNO. The van der Waals surface area contributed by atoms with Gasteiger partial charge in [-0.05, 0) is 72.5 Å². The average molecular weight is 304 g/mol. The monoisotopic (exact) mass is 303 g/mol. The molecule has 0 unspecified atom stereocenters. The Hall–Kier alpha value is -1.51. The molecule has 0 fully saturated rings. The minimum Gasteiger partial charge on any atom is -0.496 e. The van der Waals surface area contributed by atoms with Crippen molar-refractivity contribution in [1.29, 1.82) is 0 Å². The molecule has 2 nitrogen and oxygen atoms in total. The summed E-state index contributed by atoms with van der Waals surface area (Å²) in [6.07, 6.45) is 0. The van der Waals surface area contributed by atoms with E-state index in [4.69, 9.17) is 16.3 Å². The van der Waals surface area contributed by atoms with Crippen molar-refractivity contribution in [1.82, 2.24) is 5.32 Å². The summed E-state index contributed by atoms with van der Waals surface area (Å²) < 4.78 is 5.45. The van der Waals surface area contributed by atoms with Crippen LogP contribution in [0.5, 0.6) is 5.75 Å². The fraction of sp³-hybridized carbons (Fsp3) is 0.333. The normalized spacial score (nSPS) is 10.7. The molecule has 2 rings (SSSR count). The minimum absolute atomic E-state index is 0.761. The van der Waals surface area contributed by atoms with Gasteiger partial charge in [-0.2, -0.15) is 0 Å². The Morgan fingerprint density at radius 2 is 1.76 bits per heavy atom. The number of aryl methyl sites for hydroxylation is 2. The fourth-order valence-electron chi connectivity index (χ4n) is 2.66. The standard InChI is InChI=1S/C18H22ClNO/c1-5-20-11-14-6-7-16(19)10-17(14)15-8-12(2)18(21-4)13(3)9-15/h6-10,20H,5,11H2,1-4H3. The highest BCUT2D eigenvalue weighted by Gasteiger charge is 2.10. The zero-order valence-corrected chi connectivity index (χ0v) is 13.8. The van der Waals surface area contributed by atoms with Crippen molar-refractivity contribution < 1.29 is 4.74 Å². The van der Waals surface area contributed by atoms with E-state index in [0.29, 0.717) is 0 Å². The van der Waals surface area contributed by atoms with Gasteiger partial charge in [0.05, 0.1) is 7.11 Å². The maximum absolute atomic E-state index is 6.19. The van der Waals surface area contributed by atoms with Crippen molar-refractivity contribution in [2.24, 2.45) is 0 Å². The van der Waals surface area contributed by atoms with Gasteiger partial charge in [0.2, 0.25) is 0 Å². The summed E-state index contributed by atoms with van der Waals surface area (Å²) in [6.45, 7) is 8.04. The topological polar surface area (TPSA) is 21.3 Å². The highest BCUT2D eigenvalue weighted by atomic mass is 35.5. The zero-order valence-electron chi connectivity index (χ0n) is 13.1. The molecule has 0 bridgehead atoms. The second-order valence-electron chi connectivity index (χ2n) is 5.23. The first-order valence-electron chi connectivity index (χ1n) is 7.21. The van der Waals surface area contributed by atoms with Crippen LogP contribution in [0.1, 0.15) is 23.6 Å². The summed E-state index contributed by atoms with van der Waals surface area (Å²) >= 11 is 6.19. The molecule has 0 spiro atoms. The maximum atomic E-state index is 6.19. The highest BCUT2D eigenvalue weighted by Crippen LogP contribution is 2.33. The Morgan fingerprint density at radius 1 is 1.10 bits per heavy atom. The Labute approximate surface area is 132 Å². The highest BCUT2D eigenvalue weighted by molar-refractivity contribution is 6.30. The Bertz CT molecular complexity index is 614. The molecule has 0 radical (unpaired) electrons. The van der Waals surface area contributed by atoms with Gasteiger partial charge in [0, 0.05) is 11.6 Å². The molecule has 0 aliphatic heterocycles. The molecule has 1 N–H and O–H groups in total. The maximum Gasteiger partial charge on any atom is 0.124 e. The van der Waals surface area contributed by atoms with Crippen LogP contribution in [0.25, 0.3) is 11.1 Å². The summed E-state index contributed by atoms with van der Waals surface area (Å²) in [5.74, 6) is 0.953. The van der Waals surface area contributed by atoms with Gasteiger partial charge in [0.15, 0.2) is 0 Å². The van der Waals surface area contributed by atoms with Gasteiger partial charge in [-0.1, -0.05) is 24.6 Å². The van der Waals surface area contributed by atoms with Gasteiger partial charge < -0.3 is 10.1 Å². The molecule has 2 aromatic carbocycles. The molecule has 112 valence electrons. The van der Waals surface area contributed by atoms with Gasteiger partial charge >= 0.3 is 0 Å². The number of rotatable bonds is 5.